The molecule has 2 rings (SSSR count). The van der Waals surface area contributed by atoms with Crippen LogP contribution in [0.2, 0.25) is 0 Å². The van der Waals surface area contributed by atoms with Crippen LogP contribution >= 0.6 is 0 Å². The number of carbonyl (C=O) groups excluding carboxylic acids is 1. The zero-order chi connectivity index (χ0) is 13.3. The normalized spacial score (nSPS) is 18.7. The van der Waals surface area contributed by atoms with Crippen LogP contribution in [-0.4, -0.2) is 28.5 Å². The zero-order valence-corrected chi connectivity index (χ0v) is 11.1. The van der Waals surface area contributed by atoms with E-state index in [0.29, 0.717) is 18.0 Å². The summed E-state index contributed by atoms with van der Waals surface area (Å²) in [5, 5.41) is 9.68. The van der Waals surface area contributed by atoms with Gasteiger partial charge in [0.2, 0.25) is 0 Å². The topological polar surface area (TPSA) is 40.5 Å². The highest BCUT2D eigenvalue weighted by atomic mass is 16.3. The van der Waals surface area contributed by atoms with E-state index in [9.17, 15) is 9.90 Å². The second kappa shape index (κ2) is 4.84. The minimum Gasteiger partial charge on any atom is -0.508 e. The number of hydrogen-bond acceptors (Lipinski definition) is 2. The molecule has 1 aromatic rings. The van der Waals surface area contributed by atoms with Gasteiger partial charge in [0.05, 0.1) is 6.04 Å². The second-order valence-corrected chi connectivity index (χ2v) is 5.12. The molecule has 0 spiro atoms. The number of phenols is 1. The Morgan fingerprint density at radius 3 is 2.78 bits per heavy atom. The van der Waals surface area contributed by atoms with Crippen molar-refractivity contribution in [2.45, 2.75) is 26.8 Å². The standard InChI is InChI=1S/C15H19NO2/c1-10(2)13-5-4-8-16(13)15(18)12-7-6-11(3)14(17)9-12/h4-7,9-10,13,17H,8H2,1-3H3. The summed E-state index contributed by atoms with van der Waals surface area (Å²) in [5.74, 6) is 0.551. The van der Waals surface area contributed by atoms with E-state index in [1.54, 1.807) is 18.2 Å². The fourth-order valence-corrected chi connectivity index (χ4v) is 2.25. The minimum atomic E-state index is -0.0194. The van der Waals surface area contributed by atoms with E-state index in [1.807, 2.05) is 17.9 Å². The number of nitrogens with zero attached hydrogens (tertiary/aromatic N) is 1. The van der Waals surface area contributed by atoms with Gasteiger partial charge in [-0.25, -0.2) is 0 Å². The number of carbonyl (C=O) groups is 1. The number of amides is 1. The van der Waals surface area contributed by atoms with Crippen LogP contribution in [0.1, 0.15) is 29.8 Å². The first kappa shape index (κ1) is 12.7. The van der Waals surface area contributed by atoms with Crippen LogP contribution in [0.3, 0.4) is 0 Å². The molecule has 3 heteroatoms. The number of hydrogen-bond donors (Lipinski definition) is 1. The predicted molar refractivity (Wildman–Crippen MR) is 71.6 cm³/mol. The van der Waals surface area contributed by atoms with Gasteiger partial charge in [-0.1, -0.05) is 32.1 Å². The van der Waals surface area contributed by atoms with Gasteiger partial charge in [0, 0.05) is 12.1 Å². The maximum Gasteiger partial charge on any atom is 0.254 e. The Morgan fingerprint density at radius 2 is 2.17 bits per heavy atom. The lowest BCUT2D eigenvalue weighted by Gasteiger charge is -2.27. The van der Waals surface area contributed by atoms with E-state index in [1.165, 1.54) is 0 Å². The largest absolute Gasteiger partial charge is 0.508 e. The summed E-state index contributed by atoms with van der Waals surface area (Å²) in [6.07, 6.45) is 4.10. The van der Waals surface area contributed by atoms with E-state index >= 15 is 0 Å². The molecule has 1 aliphatic rings. The van der Waals surface area contributed by atoms with Crippen molar-refractivity contribution in [3.8, 4) is 5.75 Å². The van der Waals surface area contributed by atoms with Gasteiger partial charge in [-0.05, 0) is 30.5 Å². The Labute approximate surface area is 108 Å². The molecule has 0 aliphatic carbocycles. The first-order chi connectivity index (χ1) is 8.50. The number of aromatic hydroxyl groups is 1. The van der Waals surface area contributed by atoms with Gasteiger partial charge in [0.25, 0.3) is 5.91 Å². The van der Waals surface area contributed by atoms with Crippen molar-refractivity contribution in [3.63, 3.8) is 0 Å². The lowest BCUT2D eigenvalue weighted by molar-refractivity contribution is 0.0720. The van der Waals surface area contributed by atoms with Crippen LogP contribution in [-0.2, 0) is 0 Å². The molecule has 0 bridgehead atoms. The summed E-state index contributed by atoms with van der Waals surface area (Å²) >= 11 is 0. The molecular weight excluding hydrogens is 226 g/mol. The molecule has 1 amide bonds. The number of aryl methyl sites for hydroxylation is 1. The lowest BCUT2D eigenvalue weighted by Crippen LogP contribution is -2.39. The number of rotatable bonds is 2. The van der Waals surface area contributed by atoms with Gasteiger partial charge in [0.15, 0.2) is 0 Å². The minimum absolute atomic E-state index is 0.0194. The summed E-state index contributed by atoms with van der Waals surface area (Å²) in [6, 6.07) is 5.25. The molecule has 0 radical (unpaired) electrons. The summed E-state index contributed by atoms with van der Waals surface area (Å²) in [6.45, 7) is 6.68. The SMILES string of the molecule is Cc1ccc(C(=O)N2CC=CC2C(C)C)cc1O. The Balaban J connectivity index is 2.23. The summed E-state index contributed by atoms with van der Waals surface area (Å²) in [5.41, 5.74) is 1.33. The lowest BCUT2D eigenvalue weighted by atomic mass is 10.0. The fraction of sp³-hybridized carbons (Fsp3) is 0.400. The summed E-state index contributed by atoms with van der Waals surface area (Å²) in [7, 11) is 0. The Kier molecular flexibility index (Phi) is 3.41. The molecule has 3 nitrogen and oxygen atoms in total. The Hall–Kier alpha value is -1.77. The van der Waals surface area contributed by atoms with Gasteiger partial charge in [0.1, 0.15) is 5.75 Å². The number of benzene rings is 1. The van der Waals surface area contributed by atoms with E-state index in [-0.39, 0.29) is 17.7 Å². The van der Waals surface area contributed by atoms with Crippen LogP contribution in [0.4, 0.5) is 0 Å². The molecule has 1 aromatic carbocycles. The van der Waals surface area contributed by atoms with E-state index in [0.717, 1.165) is 5.56 Å². The average molecular weight is 245 g/mol. The first-order valence-corrected chi connectivity index (χ1v) is 6.28. The van der Waals surface area contributed by atoms with Crippen molar-refractivity contribution in [1.29, 1.82) is 0 Å². The summed E-state index contributed by atoms with van der Waals surface area (Å²) < 4.78 is 0. The molecule has 0 fully saturated rings. The van der Waals surface area contributed by atoms with Crippen molar-refractivity contribution in [3.05, 3.63) is 41.5 Å². The van der Waals surface area contributed by atoms with Crippen molar-refractivity contribution >= 4 is 5.91 Å². The molecule has 1 N–H and O–H groups in total. The molecule has 1 aliphatic heterocycles. The van der Waals surface area contributed by atoms with Gasteiger partial charge in [-0.2, -0.15) is 0 Å². The predicted octanol–water partition coefficient (Wildman–Crippen LogP) is 2.74. The van der Waals surface area contributed by atoms with Crippen molar-refractivity contribution in [2.75, 3.05) is 6.54 Å². The Bertz CT molecular complexity index is 491. The molecule has 96 valence electrons. The average Bonchev–Trinajstić information content (AvgIpc) is 2.81. The van der Waals surface area contributed by atoms with E-state index in [2.05, 4.69) is 19.9 Å². The van der Waals surface area contributed by atoms with Crippen LogP contribution in [0.15, 0.2) is 30.4 Å². The van der Waals surface area contributed by atoms with Crippen LogP contribution < -0.4 is 0 Å². The highest BCUT2D eigenvalue weighted by molar-refractivity contribution is 5.95. The zero-order valence-electron chi connectivity index (χ0n) is 11.1. The third-order valence-corrected chi connectivity index (χ3v) is 3.40. The van der Waals surface area contributed by atoms with Crippen molar-refractivity contribution in [1.82, 2.24) is 4.90 Å². The van der Waals surface area contributed by atoms with Crippen molar-refractivity contribution < 1.29 is 9.90 Å². The third kappa shape index (κ3) is 2.26. The highest BCUT2D eigenvalue weighted by Gasteiger charge is 2.27. The molecule has 1 atom stereocenters. The molecular formula is C15H19NO2. The van der Waals surface area contributed by atoms with Crippen LogP contribution in [0.5, 0.6) is 5.75 Å². The smallest absolute Gasteiger partial charge is 0.254 e. The van der Waals surface area contributed by atoms with E-state index < -0.39 is 0 Å². The molecule has 1 unspecified atom stereocenters. The molecule has 0 aromatic heterocycles. The van der Waals surface area contributed by atoms with Crippen molar-refractivity contribution in [2.24, 2.45) is 5.92 Å². The Morgan fingerprint density at radius 1 is 1.44 bits per heavy atom. The quantitative estimate of drug-likeness (QED) is 0.814. The van der Waals surface area contributed by atoms with Gasteiger partial charge >= 0.3 is 0 Å². The van der Waals surface area contributed by atoms with E-state index in [4.69, 9.17) is 0 Å². The summed E-state index contributed by atoms with van der Waals surface area (Å²) in [4.78, 5) is 14.2. The second-order valence-electron chi connectivity index (χ2n) is 5.12. The van der Waals surface area contributed by atoms with Crippen LogP contribution in [0, 0.1) is 12.8 Å². The third-order valence-electron chi connectivity index (χ3n) is 3.40. The number of phenolic OH excluding ortho intramolecular Hbond substituents is 1. The first-order valence-electron chi connectivity index (χ1n) is 6.28. The molecule has 1 heterocycles. The van der Waals surface area contributed by atoms with Gasteiger partial charge in [-0.15, -0.1) is 0 Å². The highest BCUT2D eigenvalue weighted by Crippen LogP contribution is 2.23. The monoisotopic (exact) mass is 245 g/mol. The fourth-order valence-electron chi connectivity index (χ4n) is 2.25. The molecule has 0 saturated carbocycles. The van der Waals surface area contributed by atoms with Gasteiger partial charge in [-0.3, -0.25) is 4.79 Å². The van der Waals surface area contributed by atoms with Crippen LogP contribution in [0.25, 0.3) is 0 Å². The maximum absolute atomic E-state index is 12.4. The molecule has 0 saturated heterocycles. The molecule has 18 heavy (non-hydrogen) atoms. The van der Waals surface area contributed by atoms with Gasteiger partial charge < -0.3 is 10.0 Å². The maximum atomic E-state index is 12.4.